The Morgan fingerprint density at radius 2 is 2.08 bits per heavy atom. The summed E-state index contributed by atoms with van der Waals surface area (Å²) in [5, 5.41) is 0. The Hall–Kier alpha value is 0.0639. The normalized spacial score (nSPS) is 9.25. The van der Waals surface area contributed by atoms with Crippen molar-refractivity contribution in [3.8, 4) is 0 Å². The average molecular weight is 233 g/mol. The molecule has 61 valence electrons. The van der Waals surface area contributed by atoms with Crippen LogP contribution in [0.1, 0.15) is 19.4 Å². The van der Waals surface area contributed by atoms with E-state index in [4.69, 9.17) is 6.58 Å². The molecule has 0 saturated heterocycles. The average Bonchev–Trinajstić information content (AvgIpc) is 2.05. The zero-order chi connectivity index (χ0) is 8.27. The van der Waals surface area contributed by atoms with Crippen LogP contribution in [0.3, 0.4) is 0 Å². The Morgan fingerprint density at radius 1 is 1.42 bits per heavy atom. The number of rotatable bonds is 2. The van der Waals surface area contributed by atoms with E-state index in [2.05, 4.69) is 19.9 Å². The maximum Gasteiger partial charge on any atom is 0 e. The van der Waals surface area contributed by atoms with E-state index in [0.717, 1.165) is 11.1 Å². The van der Waals surface area contributed by atoms with Gasteiger partial charge in [0.15, 0.2) is 0 Å². The van der Waals surface area contributed by atoms with Crippen LogP contribution in [0.4, 0.5) is 0 Å². The van der Waals surface area contributed by atoms with Crippen LogP contribution in [-0.4, -0.2) is 0 Å². The smallest absolute Gasteiger partial charge is 0 e. The van der Waals surface area contributed by atoms with E-state index in [9.17, 15) is 0 Å². The van der Waals surface area contributed by atoms with Crippen molar-refractivity contribution in [3.05, 3.63) is 42.5 Å². The fourth-order valence-electron chi connectivity index (χ4n) is 0.884. The number of hydrogen-bond acceptors (Lipinski definition) is 0. The molecule has 0 aliphatic rings. The van der Waals surface area contributed by atoms with Gasteiger partial charge in [0, 0.05) is 32.7 Å². The van der Waals surface area contributed by atoms with E-state index in [1.807, 2.05) is 24.3 Å². The van der Waals surface area contributed by atoms with Crippen molar-refractivity contribution in [1.82, 2.24) is 0 Å². The van der Waals surface area contributed by atoms with Gasteiger partial charge in [-0.05, 0) is 0 Å². The summed E-state index contributed by atoms with van der Waals surface area (Å²) in [6.45, 7) is 9.98. The van der Waals surface area contributed by atoms with Crippen molar-refractivity contribution in [2.45, 2.75) is 13.8 Å². The number of hydrogen-bond donors (Lipinski definition) is 0. The van der Waals surface area contributed by atoms with Crippen LogP contribution in [-0.2, 0) is 32.7 Å². The van der Waals surface area contributed by atoms with Crippen LogP contribution in [0.5, 0.6) is 0 Å². The van der Waals surface area contributed by atoms with Gasteiger partial charge in [-0.25, -0.2) is 12.1 Å². The Balaban J connectivity index is 0.00000121. The molecule has 0 aliphatic heterocycles. The van der Waals surface area contributed by atoms with Crippen molar-refractivity contribution < 1.29 is 32.7 Å². The summed E-state index contributed by atoms with van der Waals surface area (Å²) < 4.78 is 0. The molecule has 0 unspecified atom stereocenters. The van der Waals surface area contributed by atoms with Crippen LogP contribution in [0.15, 0.2) is 24.3 Å². The van der Waals surface area contributed by atoms with Gasteiger partial charge >= 0.3 is 0 Å². The first-order valence-electron chi connectivity index (χ1n) is 3.81. The molecular weight excluding hydrogens is 221 g/mol. The maximum atomic E-state index is 5.82. The molecule has 1 heteroatoms. The first kappa shape index (κ1) is 12.1. The minimum absolute atomic E-state index is 0. The van der Waals surface area contributed by atoms with Crippen LogP contribution in [0.2, 0.25) is 0 Å². The van der Waals surface area contributed by atoms with Gasteiger partial charge in [0.25, 0.3) is 0 Å². The van der Waals surface area contributed by atoms with Gasteiger partial charge in [0.1, 0.15) is 0 Å². The quantitative estimate of drug-likeness (QED) is 0.689. The second kappa shape index (κ2) is 5.67. The third-order valence-electron chi connectivity index (χ3n) is 1.64. The molecule has 1 aromatic rings. The summed E-state index contributed by atoms with van der Waals surface area (Å²) in [5.74, 6) is 0.397. The Bertz CT molecular complexity index is 236. The van der Waals surface area contributed by atoms with Gasteiger partial charge < -0.3 is 12.1 Å². The molecule has 0 aromatic heterocycles. The van der Waals surface area contributed by atoms with Gasteiger partial charge in [-0.2, -0.15) is 12.1 Å². The van der Waals surface area contributed by atoms with E-state index in [0.29, 0.717) is 5.92 Å². The molecular formula is C11H12Y-2. The first-order valence-corrected chi connectivity index (χ1v) is 3.81. The zero-order valence-corrected chi connectivity index (χ0v) is 10.4. The molecule has 0 heterocycles. The Kier molecular flexibility index (Phi) is 5.70. The molecule has 0 bridgehead atoms. The van der Waals surface area contributed by atoms with Crippen molar-refractivity contribution in [2.75, 3.05) is 0 Å². The molecule has 0 aliphatic carbocycles. The molecule has 0 nitrogen and oxygen atoms in total. The fraction of sp³-hybridized carbons (Fsp3) is 0.273. The summed E-state index contributed by atoms with van der Waals surface area (Å²) in [6, 6.07) is 10.9. The van der Waals surface area contributed by atoms with Gasteiger partial charge in [-0.15, -0.1) is 6.07 Å². The molecule has 1 radical (unpaired) electrons. The minimum atomic E-state index is 0. The van der Waals surface area contributed by atoms with Crippen LogP contribution >= 0.6 is 0 Å². The molecule has 0 atom stereocenters. The van der Waals surface area contributed by atoms with Gasteiger partial charge in [-0.3, -0.25) is 5.57 Å². The first-order chi connectivity index (χ1) is 5.22. The largest absolute Gasteiger partial charge is 0.341 e. The molecule has 0 fully saturated rings. The third-order valence-corrected chi connectivity index (χ3v) is 1.64. The van der Waals surface area contributed by atoms with E-state index in [-0.39, 0.29) is 32.7 Å². The molecule has 1 rings (SSSR count). The summed E-state index contributed by atoms with van der Waals surface area (Å²) in [7, 11) is 0. The molecule has 1 aromatic carbocycles. The number of benzene rings is 1. The minimum Gasteiger partial charge on any atom is -0.341 e. The topological polar surface area (TPSA) is 0 Å². The second-order valence-corrected chi connectivity index (χ2v) is 2.89. The summed E-state index contributed by atoms with van der Waals surface area (Å²) >= 11 is 0. The van der Waals surface area contributed by atoms with Crippen molar-refractivity contribution in [2.24, 2.45) is 5.92 Å². The van der Waals surface area contributed by atoms with Crippen molar-refractivity contribution in [1.29, 1.82) is 0 Å². The molecule has 12 heavy (non-hydrogen) atoms. The monoisotopic (exact) mass is 233 g/mol. The number of allylic oxidation sites excluding steroid dienone is 1. The Labute approximate surface area is 100.0 Å². The second-order valence-electron chi connectivity index (χ2n) is 2.89. The molecule has 0 N–H and O–H groups in total. The van der Waals surface area contributed by atoms with Crippen LogP contribution in [0, 0.1) is 18.6 Å². The molecule has 0 spiro atoms. The molecule has 0 saturated carbocycles. The SMILES string of the molecule is [CH-]=C(c1[c-]cccc1)C(C)C.[Y]. The van der Waals surface area contributed by atoms with Gasteiger partial charge in [-0.1, -0.05) is 19.8 Å². The van der Waals surface area contributed by atoms with E-state index in [1.54, 1.807) is 0 Å². The third kappa shape index (κ3) is 3.20. The Morgan fingerprint density at radius 3 is 2.50 bits per heavy atom. The van der Waals surface area contributed by atoms with Crippen molar-refractivity contribution >= 4 is 5.57 Å². The van der Waals surface area contributed by atoms with Crippen LogP contribution in [0.25, 0.3) is 5.57 Å². The summed E-state index contributed by atoms with van der Waals surface area (Å²) in [5.41, 5.74) is 1.92. The summed E-state index contributed by atoms with van der Waals surface area (Å²) in [4.78, 5) is 0. The van der Waals surface area contributed by atoms with Crippen molar-refractivity contribution in [3.63, 3.8) is 0 Å². The predicted octanol–water partition coefficient (Wildman–Crippen LogP) is 2.96. The fourth-order valence-corrected chi connectivity index (χ4v) is 0.884. The zero-order valence-electron chi connectivity index (χ0n) is 7.54. The van der Waals surface area contributed by atoms with Gasteiger partial charge in [0.2, 0.25) is 0 Å². The standard InChI is InChI=1S/C11H12.Y/c1-9(2)10(3)11-7-5-4-6-8-11;/h3-7,9H,1-2H3;/q-2;. The van der Waals surface area contributed by atoms with Crippen LogP contribution < -0.4 is 0 Å². The van der Waals surface area contributed by atoms with E-state index < -0.39 is 0 Å². The molecule has 0 amide bonds. The summed E-state index contributed by atoms with van der Waals surface area (Å²) in [6.07, 6.45) is 0. The maximum absolute atomic E-state index is 5.82. The van der Waals surface area contributed by atoms with E-state index in [1.165, 1.54) is 0 Å². The van der Waals surface area contributed by atoms with Gasteiger partial charge in [0.05, 0.1) is 0 Å². The predicted molar refractivity (Wildman–Crippen MR) is 47.8 cm³/mol. The van der Waals surface area contributed by atoms with E-state index >= 15 is 0 Å².